The van der Waals surface area contributed by atoms with Crippen LogP contribution in [-0.4, -0.2) is 48.9 Å². The highest BCUT2D eigenvalue weighted by molar-refractivity contribution is 5.92. The Balaban J connectivity index is 0.00000288. The van der Waals surface area contributed by atoms with E-state index < -0.39 is 0 Å². The SMILES string of the molecule is CC(CN)C(=O)NC1CCN(CC(=O)Nc2ccccc2)CC1.Cl.Cl. The summed E-state index contributed by atoms with van der Waals surface area (Å²) in [5.41, 5.74) is 6.32. The lowest BCUT2D eigenvalue weighted by Crippen LogP contribution is -2.48. The van der Waals surface area contributed by atoms with Crippen LogP contribution in [0.3, 0.4) is 0 Å². The summed E-state index contributed by atoms with van der Waals surface area (Å²) in [6, 6.07) is 9.64. The van der Waals surface area contributed by atoms with Crippen molar-refractivity contribution in [1.29, 1.82) is 0 Å². The molecule has 0 spiro atoms. The van der Waals surface area contributed by atoms with Gasteiger partial charge in [0.2, 0.25) is 11.8 Å². The topological polar surface area (TPSA) is 87.5 Å². The summed E-state index contributed by atoms with van der Waals surface area (Å²) in [7, 11) is 0. The third kappa shape index (κ3) is 8.05. The molecule has 1 aromatic rings. The van der Waals surface area contributed by atoms with Crippen molar-refractivity contribution in [2.45, 2.75) is 25.8 Å². The van der Waals surface area contributed by atoms with Crippen molar-refractivity contribution < 1.29 is 9.59 Å². The van der Waals surface area contributed by atoms with E-state index in [0.717, 1.165) is 31.6 Å². The smallest absolute Gasteiger partial charge is 0.238 e. The first kappa shape index (κ1) is 23.7. The summed E-state index contributed by atoms with van der Waals surface area (Å²) < 4.78 is 0. The van der Waals surface area contributed by atoms with E-state index >= 15 is 0 Å². The second kappa shape index (κ2) is 12.1. The predicted octanol–water partition coefficient (Wildman–Crippen LogP) is 1.64. The van der Waals surface area contributed by atoms with E-state index in [1.807, 2.05) is 37.3 Å². The molecule has 0 radical (unpaired) electrons. The fourth-order valence-corrected chi connectivity index (χ4v) is 2.61. The molecule has 1 aliphatic rings. The zero-order valence-corrected chi connectivity index (χ0v) is 16.1. The standard InChI is InChI=1S/C17H26N4O2.2ClH/c1-13(11-18)17(23)20-15-7-9-21(10-8-15)12-16(22)19-14-5-3-2-4-6-14;;/h2-6,13,15H,7-12,18H2,1H3,(H,19,22)(H,20,23);2*1H. The first-order chi connectivity index (χ1) is 11.1. The van der Waals surface area contributed by atoms with Crippen molar-refractivity contribution in [2.75, 3.05) is 31.5 Å². The average molecular weight is 391 g/mol. The van der Waals surface area contributed by atoms with Crippen LogP contribution in [0.4, 0.5) is 5.69 Å². The predicted molar refractivity (Wildman–Crippen MR) is 105 cm³/mol. The molecule has 1 aliphatic heterocycles. The van der Waals surface area contributed by atoms with E-state index in [4.69, 9.17) is 5.73 Å². The normalized spacial score (nSPS) is 16.1. The van der Waals surface area contributed by atoms with Crippen LogP contribution in [0, 0.1) is 5.92 Å². The van der Waals surface area contributed by atoms with Gasteiger partial charge in [0.05, 0.1) is 6.54 Å². The van der Waals surface area contributed by atoms with Gasteiger partial charge in [-0.2, -0.15) is 0 Å². The van der Waals surface area contributed by atoms with Crippen molar-refractivity contribution >= 4 is 42.3 Å². The highest BCUT2D eigenvalue weighted by Gasteiger charge is 2.23. The summed E-state index contributed by atoms with van der Waals surface area (Å²) in [4.78, 5) is 26.0. The average Bonchev–Trinajstić information content (AvgIpc) is 2.56. The first-order valence-electron chi connectivity index (χ1n) is 8.16. The Morgan fingerprint density at radius 1 is 1.20 bits per heavy atom. The molecule has 0 saturated carbocycles. The number of nitrogens with two attached hydrogens (primary N) is 1. The summed E-state index contributed by atoms with van der Waals surface area (Å²) >= 11 is 0. The quantitative estimate of drug-likeness (QED) is 0.688. The second-order valence-electron chi connectivity index (χ2n) is 6.11. The molecule has 1 saturated heterocycles. The minimum atomic E-state index is -0.148. The van der Waals surface area contributed by atoms with Crippen molar-refractivity contribution in [1.82, 2.24) is 10.2 Å². The molecule has 2 rings (SSSR count). The Hall–Kier alpha value is -1.34. The fraction of sp³-hybridized carbons (Fsp3) is 0.529. The molecule has 1 atom stereocenters. The van der Waals surface area contributed by atoms with Crippen LogP contribution in [0.1, 0.15) is 19.8 Å². The molecule has 142 valence electrons. The van der Waals surface area contributed by atoms with Gasteiger partial charge < -0.3 is 16.4 Å². The third-order valence-electron chi connectivity index (χ3n) is 4.16. The van der Waals surface area contributed by atoms with Gasteiger partial charge in [-0.1, -0.05) is 25.1 Å². The van der Waals surface area contributed by atoms with Crippen molar-refractivity contribution in [3.63, 3.8) is 0 Å². The number of hydrogen-bond donors (Lipinski definition) is 3. The molecule has 0 aliphatic carbocycles. The minimum Gasteiger partial charge on any atom is -0.353 e. The minimum absolute atomic E-state index is 0. The van der Waals surface area contributed by atoms with Gasteiger partial charge in [0.15, 0.2) is 0 Å². The number of benzene rings is 1. The Labute approximate surface area is 161 Å². The van der Waals surface area contributed by atoms with Crippen molar-refractivity contribution in [2.24, 2.45) is 11.7 Å². The van der Waals surface area contributed by atoms with Crippen LogP contribution < -0.4 is 16.4 Å². The summed E-state index contributed by atoms with van der Waals surface area (Å²) in [6.07, 6.45) is 1.73. The molecule has 1 heterocycles. The molecule has 0 aromatic heterocycles. The van der Waals surface area contributed by atoms with Gasteiger partial charge in [0.25, 0.3) is 0 Å². The number of amides is 2. The fourth-order valence-electron chi connectivity index (χ4n) is 2.61. The molecule has 4 N–H and O–H groups in total. The van der Waals surface area contributed by atoms with Gasteiger partial charge in [-0.15, -0.1) is 24.8 Å². The van der Waals surface area contributed by atoms with E-state index in [2.05, 4.69) is 15.5 Å². The number of rotatable bonds is 6. The van der Waals surface area contributed by atoms with Gasteiger partial charge in [-0.05, 0) is 25.0 Å². The Kier molecular flexibility index (Phi) is 11.4. The van der Waals surface area contributed by atoms with Gasteiger partial charge in [-0.3, -0.25) is 14.5 Å². The molecule has 1 unspecified atom stereocenters. The monoisotopic (exact) mass is 390 g/mol. The highest BCUT2D eigenvalue weighted by Crippen LogP contribution is 2.11. The van der Waals surface area contributed by atoms with Crippen LogP contribution in [0.25, 0.3) is 0 Å². The molecule has 8 heteroatoms. The lowest BCUT2D eigenvalue weighted by molar-refractivity contribution is -0.125. The summed E-state index contributed by atoms with van der Waals surface area (Å²) in [6.45, 7) is 4.20. The zero-order chi connectivity index (χ0) is 16.7. The maximum Gasteiger partial charge on any atom is 0.238 e. The van der Waals surface area contributed by atoms with Gasteiger partial charge >= 0.3 is 0 Å². The number of carbonyl (C=O) groups is 2. The molecular weight excluding hydrogens is 363 g/mol. The van der Waals surface area contributed by atoms with Crippen LogP contribution in [0.15, 0.2) is 30.3 Å². The number of carbonyl (C=O) groups excluding carboxylic acids is 2. The lowest BCUT2D eigenvalue weighted by atomic mass is 10.0. The molecular formula is C17H28Cl2N4O2. The van der Waals surface area contributed by atoms with E-state index in [9.17, 15) is 9.59 Å². The molecule has 1 aromatic carbocycles. The molecule has 6 nitrogen and oxygen atoms in total. The van der Waals surface area contributed by atoms with Crippen molar-refractivity contribution in [3.05, 3.63) is 30.3 Å². The number of halogens is 2. The Bertz CT molecular complexity index is 523. The molecule has 2 amide bonds. The van der Waals surface area contributed by atoms with Gasteiger partial charge in [0.1, 0.15) is 0 Å². The summed E-state index contributed by atoms with van der Waals surface area (Å²) in [5.74, 6) is -0.132. The number of nitrogens with one attached hydrogen (secondary N) is 2. The zero-order valence-electron chi connectivity index (χ0n) is 14.4. The number of nitrogens with zero attached hydrogens (tertiary/aromatic N) is 1. The summed E-state index contributed by atoms with van der Waals surface area (Å²) in [5, 5.41) is 5.93. The molecule has 25 heavy (non-hydrogen) atoms. The largest absolute Gasteiger partial charge is 0.353 e. The maximum absolute atomic E-state index is 12.0. The first-order valence-corrected chi connectivity index (χ1v) is 8.16. The molecule has 0 bridgehead atoms. The second-order valence-corrected chi connectivity index (χ2v) is 6.11. The Morgan fingerprint density at radius 3 is 2.36 bits per heavy atom. The highest BCUT2D eigenvalue weighted by atomic mass is 35.5. The maximum atomic E-state index is 12.0. The van der Waals surface area contributed by atoms with Gasteiger partial charge in [0, 0.05) is 37.3 Å². The number of para-hydroxylation sites is 1. The van der Waals surface area contributed by atoms with Crippen LogP contribution in [0.5, 0.6) is 0 Å². The van der Waals surface area contributed by atoms with Crippen LogP contribution in [0.2, 0.25) is 0 Å². The van der Waals surface area contributed by atoms with E-state index in [1.54, 1.807) is 0 Å². The van der Waals surface area contributed by atoms with E-state index in [0.29, 0.717) is 13.1 Å². The lowest BCUT2D eigenvalue weighted by Gasteiger charge is -2.32. The number of likely N-dealkylation sites (tertiary alicyclic amines) is 1. The number of piperidine rings is 1. The van der Waals surface area contributed by atoms with Crippen LogP contribution in [-0.2, 0) is 9.59 Å². The van der Waals surface area contributed by atoms with Gasteiger partial charge in [-0.25, -0.2) is 0 Å². The third-order valence-corrected chi connectivity index (χ3v) is 4.16. The molecule has 1 fully saturated rings. The van der Waals surface area contributed by atoms with E-state index in [-0.39, 0.29) is 48.6 Å². The Morgan fingerprint density at radius 2 is 1.80 bits per heavy atom. The number of anilines is 1. The number of hydrogen-bond acceptors (Lipinski definition) is 4. The van der Waals surface area contributed by atoms with Crippen LogP contribution >= 0.6 is 24.8 Å². The van der Waals surface area contributed by atoms with E-state index in [1.165, 1.54) is 0 Å². The van der Waals surface area contributed by atoms with Crippen molar-refractivity contribution in [3.8, 4) is 0 Å².